The molecule has 0 saturated carbocycles. The van der Waals surface area contributed by atoms with Crippen molar-refractivity contribution in [2.45, 2.75) is 33.8 Å². The molecule has 1 aliphatic rings. The number of nitrogens with zero attached hydrogens (tertiary/aromatic N) is 6. The molecule has 4 aromatic rings. The van der Waals surface area contributed by atoms with Gasteiger partial charge in [-0.15, -0.1) is 16.4 Å². The van der Waals surface area contributed by atoms with E-state index < -0.39 is 0 Å². The van der Waals surface area contributed by atoms with Crippen molar-refractivity contribution in [3.8, 4) is 5.75 Å². The Labute approximate surface area is 172 Å². The zero-order valence-corrected chi connectivity index (χ0v) is 17.7. The highest BCUT2D eigenvalue weighted by molar-refractivity contribution is 7.26. The van der Waals surface area contributed by atoms with Gasteiger partial charge in [-0.3, -0.25) is 4.98 Å². The van der Waals surface area contributed by atoms with Crippen molar-refractivity contribution in [3.63, 3.8) is 0 Å². The van der Waals surface area contributed by atoms with Crippen molar-refractivity contribution in [3.05, 3.63) is 41.6 Å². The summed E-state index contributed by atoms with van der Waals surface area (Å²) in [5.74, 6) is 2.21. The molecule has 8 heteroatoms. The Morgan fingerprint density at radius 2 is 1.97 bits per heavy atom. The summed E-state index contributed by atoms with van der Waals surface area (Å²) < 4.78 is 7.35. The normalized spacial score (nSPS) is 19.4. The van der Waals surface area contributed by atoms with Crippen LogP contribution in [0, 0.1) is 26.7 Å². The van der Waals surface area contributed by atoms with Crippen LogP contribution in [0.1, 0.15) is 23.9 Å². The number of rotatable bonds is 3. The van der Waals surface area contributed by atoms with Gasteiger partial charge in [0.05, 0.1) is 22.5 Å². The zero-order chi connectivity index (χ0) is 20.1. The minimum Gasteiger partial charge on any atom is -0.488 e. The van der Waals surface area contributed by atoms with Crippen molar-refractivity contribution < 1.29 is 4.74 Å². The fourth-order valence-corrected chi connectivity index (χ4v) is 5.08. The molecule has 1 fully saturated rings. The van der Waals surface area contributed by atoms with Gasteiger partial charge in [0.15, 0.2) is 0 Å². The van der Waals surface area contributed by atoms with E-state index in [-0.39, 0.29) is 6.10 Å². The Hall–Kier alpha value is -2.87. The van der Waals surface area contributed by atoms with E-state index in [1.165, 1.54) is 0 Å². The first kappa shape index (κ1) is 18.2. The standard InChI is InChI=1S/C21H22N6OS/c1-11-8-27(9-16(11)28-15-5-6-22-12(2)7-15)20-19-18(23-10-24-20)17-13(3)14(4)25-26-21(17)29-19/h5-7,10-11,16H,8-9H2,1-4H3/t11-,16?/m0/s1. The molecule has 1 saturated heterocycles. The maximum atomic E-state index is 6.28. The first-order chi connectivity index (χ1) is 14.0. The molecular weight excluding hydrogens is 384 g/mol. The summed E-state index contributed by atoms with van der Waals surface area (Å²) in [6.07, 6.45) is 3.54. The van der Waals surface area contributed by atoms with E-state index in [0.29, 0.717) is 5.92 Å². The van der Waals surface area contributed by atoms with Gasteiger partial charge in [0.1, 0.15) is 28.8 Å². The Bertz CT molecular complexity index is 1220. The van der Waals surface area contributed by atoms with E-state index in [2.05, 4.69) is 43.9 Å². The van der Waals surface area contributed by atoms with Crippen LogP contribution in [0.5, 0.6) is 5.75 Å². The van der Waals surface area contributed by atoms with E-state index in [0.717, 1.165) is 62.0 Å². The molecule has 0 N–H and O–H groups in total. The van der Waals surface area contributed by atoms with E-state index in [1.807, 2.05) is 26.0 Å². The third-order valence-electron chi connectivity index (χ3n) is 5.64. The van der Waals surface area contributed by atoms with Crippen molar-refractivity contribution in [1.29, 1.82) is 0 Å². The smallest absolute Gasteiger partial charge is 0.150 e. The zero-order valence-electron chi connectivity index (χ0n) is 16.9. The number of aryl methyl sites for hydroxylation is 3. The molecule has 5 rings (SSSR count). The average Bonchev–Trinajstić information content (AvgIpc) is 3.25. The van der Waals surface area contributed by atoms with E-state index in [4.69, 9.17) is 4.74 Å². The summed E-state index contributed by atoms with van der Waals surface area (Å²) in [4.78, 5) is 16.7. The number of thiophene rings is 1. The quantitative estimate of drug-likeness (QED) is 0.511. The summed E-state index contributed by atoms with van der Waals surface area (Å²) in [7, 11) is 0. The van der Waals surface area contributed by atoms with Gasteiger partial charge in [0.25, 0.3) is 0 Å². The molecule has 0 radical (unpaired) electrons. The van der Waals surface area contributed by atoms with Gasteiger partial charge in [-0.2, -0.15) is 5.10 Å². The van der Waals surface area contributed by atoms with Gasteiger partial charge >= 0.3 is 0 Å². The topological polar surface area (TPSA) is 76.9 Å². The lowest BCUT2D eigenvalue weighted by molar-refractivity contribution is 0.183. The second kappa shape index (κ2) is 6.88. The SMILES string of the molecule is Cc1cc(OC2CN(c3ncnc4c3sc3nnc(C)c(C)c34)C[C@@H]2C)ccn1. The van der Waals surface area contributed by atoms with Crippen LogP contribution in [0.25, 0.3) is 20.4 Å². The lowest BCUT2D eigenvalue weighted by atomic mass is 10.1. The molecule has 0 amide bonds. The van der Waals surface area contributed by atoms with Crippen LogP contribution in [-0.4, -0.2) is 44.3 Å². The van der Waals surface area contributed by atoms with E-state index in [9.17, 15) is 0 Å². The van der Waals surface area contributed by atoms with Crippen LogP contribution in [0.15, 0.2) is 24.7 Å². The van der Waals surface area contributed by atoms with Gasteiger partial charge in [0.2, 0.25) is 0 Å². The molecule has 2 atom stereocenters. The lowest BCUT2D eigenvalue weighted by Gasteiger charge is -2.18. The van der Waals surface area contributed by atoms with Gasteiger partial charge in [-0.1, -0.05) is 6.92 Å². The summed E-state index contributed by atoms with van der Waals surface area (Å²) in [5.41, 5.74) is 4.00. The predicted molar refractivity (Wildman–Crippen MR) is 115 cm³/mol. The number of ether oxygens (including phenoxy) is 1. The van der Waals surface area contributed by atoms with Crippen molar-refractivity contribution in [2.75, 3.05) is 18.0 Å². The molecule has 29 heavy (non-hydrogen) atoms. The van der Waals surface area contributed by atoms with Gasteiger partial charge in [0, 0.05) is 35.8 Å². The van der Waals surface area contributed by atoms with Crippen LogP contribution in [0.2, 0.25) is 0 Å². The van der Waals surface area contributed by atoms with E-state index in [1.54, 1.807) is 23.9 Å². The molecule has 0 bridgehead atoms. The number of pyridine rings is 1. The number of anilines is 1. The Morgan fingerprint density at radius 3 is 2.79 bits per heavy atom. The fourth-order valence-electron chi connectivity index (χ4n) is 3.93. The third kappa shape index (κ3) is 3.07. The summed E-state index contributed by atoms with van der Waals surface area (Å²) in [6.45, 7) is 9.94. The summed E-state index contributed by atoms with van der Waals surface area (Å²) >= 11 is 1.62. The van der Waals surface area contributed by atoms with Gasteiger partial charge in [-0.25, -0.2) is 9.97 Å². The molecule has 0 aliphatic carbocycles. The number of fused-ring (bicyclic) bond motifs is 3. The maximum Gasteiger partial charge on any atom is 0.150 e. The molecule has 5 heterocycles. The first-order valence-electron chi connectivity index (χ1n) is 9.72. The largest absolute Gasteiger partial charge is 0.488 e. The molecule has 148 valence electrons. The van der Waals surface area contributed by atoms with Crippen molar-refractivity contribution in [1.82, 2.24) is 25.1 Å². The second-order valence-electron chi connectivity index (χ2n) is 7.74. The molecule has 1 unspecified atom stereocenters. The number of hydrogen-bond donors (Lipinski definition) is 0. The maximum absolute atomic E-state index is 6.28. The molecule has 1 aliphatic heterocycles. The van der Waals surface area contributed by atoms with Crippen LogP contribution in [0.4, 0.5) is 5.82 Å². The molecule has 4 aromatic heterocycles. The van der Waals surface area contributed by atoms with Gasteiger partial charge < -0.3 is 9.64 Å². The fraction of sp³-hybridized carbons (Fsp3) is 0.381. The van der Waals surface area contributed by atoms with E-state index >= 15 is 0 Å². The number of aromatic nitrogens is 5. The van der Waals surface area contributed by atoms with Crippen LogP contribution < -0.4 is 9.64 Å². The van der Waals surface area contributed by atoms with Crippen LogP contribution in [0.3, 0.4) is 0 Å². The number of hydrogen-bond acceptors (Lipinski definition) is 8. The highest BCUT2D eigenvalue weighted by Crippen LogP contribution is 2.39. The summed E-state index contributed by atoms with van der Waals surface area (Å²) in [6, 6.07) is 3.90. The average molecular weight is 407 g/mol. The van der Waals surface area contributed by atoms with Crippen molar-refractivity contribution >= 4 is 37.6 Å². The second-order valence-corrected chi connectivity index (χ2v) is 8.74. The Kier molecular flexibility index (Phi) is 4.31. The Morgan fingerprint density at radius 1 is 1.10 bits per heavy atom. The minimum absolute atomic E-state index is 0.0972. The molecule has 0 spiro atoms. The molecular formula is C21H22N6OS. The highest BCUT2D eigenvalue weighted by atomic mass is 32.1. The predicted octanol–water partition coefficient (Wildman–Crippen LogP) is 3.86. The molecule has 0 aromatic carbocycles. The van der Waals surface area contributed by atoms with Crippen molar-refractivity contribution in [2.24, 2.45) is 5.92 Å². The van der Waals surface area contributed by atoms with Crippen LogP contribution in [-0.2, 0) is 0 Å². The summed E-state index contributed by atoms with van der Waals surface area (Å²) in [5, 5.41) is 9.76. The first-order valence-corrected chi connectivity index (χ1v) is 10.5. The highest BCUT2D eigenvalue weighted by Gasteiger charge is 2.33. The monoisotopic (exact) mass is 406 g/mol. The lowest BCUT2D eigenvalue weighted by Crippen LogP contribution is -2.26. The minimum atomic E-state index is 0.0972. The van der Waals surface area contributed by atoms with Crippen LogP contribution >= 0.6 is 11.3 Å². The Balaban J connectivity index is 1.50. The van der Waals surface area contributed by atoms with Gasteiger partial charge in [-0.05, 0) is 32.4 Å². The molecule has 7 nitrogen and oxygen atoms in total. The third-order valence-corrected chi connectivity index (χ3v) is 6.70.